The molecule has 0 radical (unpaired) electrons. The Bertz CT molecular complexity index is 381. The topological polar surface area (TPSA) is 20.3 Å². The molecular weight excluding hydrogens is 298 g/mol. The molecule has 0 aliphatic carbocycles. The minimum Gasteiger partial charge on any atom is -0.343 e. The molecular formula is C13H18BrNOS. The summed E-state index contributed by atoms with van der Waals surface area (Å²) in [5.74, 6) is 1.59. The number of carbonyl (C=O) groups is 1. The van der Waals surface area contributed by atoms with E-state index in [1.807, 2.05) is 39.1 Å². The summed E-state index contributed by atoms with van der Waals surface area (Å²) in [6.07, 6.45) is 0. The minimum atomic E-state index is 0.192. The van der Waals surface area contributed by atoms with Gasteiger partial charge in [-0.1, -0.05) is 34.1 Å². The minimum absolute atomic E-state index is 0.192. The fourth-order valence-electron chi connectivity index (χ4n) is 1.25. The lowest BCUT2D eigenvalue weighted by atomic mass is 10.2. The first-order valence-electron chi connectivity index (χ1n) is 5.59. The zero-order valence-electron chi connectivity index (χ0n) is 10.4. The van der Waals surface area contributed by atoms with Crippen molar-refractivity contribution >= 4 is 33.6 Å². The lowest BCUT2D eigenvalue weighted by Crippen LogP contribution is -2.34. The van der Waals surface area contributed by atoms with Gasteiger partial charge in [0.05, 0.1) is 5.75 Å². The molecule has 17 heavy (non-hydrogen) atoms. The van der Waals surface area contributed by atoms with Crippen LogP contribution in [0.3, 0.4) is 0 Å². The van der Waals surface area contributed by atoms with Crippen molar-refractivity contribution in [3.63, 3.8) is 0 Å². The van der Waals surface area contributed by atoms with Crippen LogP contribution < -0.4 is 0 Å². The van der Waals surface area contributed by atoms with Crippen LogP contribution in [0.25, 0.3) is 0 Å². The normalized spacial score (nSPS) is 10.6. The van der Waals surface area contributed by atoms with Crippen LogP contribution in [0.15, 0.2) is 28.7 Å². The highest BCUT2D eigenvalue weighted by atomic mass is 79.9. The van der Waals surface area contributed by atoms with Crippen LogP contribution in [-0.4, -0.2) is 29.6 Å². The zero-order valence-corrected chi connectivity index (χ0v) is 12.8. The lowest BCUT2D eigenvalue weighted by Gasteiger charge is -2.21. The van der Waals surface area contributed by atoms with Crippen molar-refractivity contribution in [2.75, 3.05) is 12.8 Å². The van der Waals surface area contributed by atoms with Gasteiger partial charge in [-0.3, -0.25) is 4.79 Å². The van der Waals surface area contributed by atoms with E-state index in [2.05, 4.69) is 22.0 Å². The van der Waals surface area contributed by atoms with Gasteiger partial charge in [0.1, 0.15) is 0 Å². The largest absolute Gasteiger partial charge is 0.343 e. The van der Waals surface area contributed by atoms with Gasteiger partial charge in [-0.15, -0.1) is 11.8 Å². The number of hydrogen-bond acceptors (Lipinski definition) is 2. The van der Waals surface area contributed by atoms with Crippen molar-refractivity contribution in [3.05, 3.63) is 34.3 Å². The molecule has 0 heterocycles. The highest BCUT2D eigenvalue weighted by Crippen LogP contribution is 2.21. The first-order valence-corrected chi connectivity index (χ1v) is 7.54. The summed E-state index contributed by atoms with van der Waals surface area (Å²) >= 11 is 5.16. The van der Waals surface area contributed by atoms with Gasteiger partial charge >= 0.3 is 0 Å². The second-order valence-corrected chi connectivity index (χ2v) is 6.02. The van der Waals surface area contributed by atoms with Gasteiger partial charge in [-0.2, -0.15) is 0 Å². The van der Waals surface area contributed by atoms with Gasteiger partial charge in [0, 0.05) is 23.3 Å². The van der Waals surface area contributed by atoms with Crippen molar-refractivity contribution in [2.24, 2.45) is 0 Å². The van der Waals surface area contributed by atoms with Crippen LogP contribution >= 0.6 is 27.7 Å². The van der Waals surface area contributed by atoms with E-state index < -0.39 is 0 Å². The van der Waals surface area contributed by atoms with Gasteiger partial charge < -0.3 is 4.90 Å². The number of amides is 1. The summed E-state index contributed by atoms with van der Waals surface area (Å²) in [4.78, 5) is 13.5. The van der Waals surface area contributed by atoms with E-state index in [4.69, 9.17) is 0 Å². The van der Waals surface area contributed by atoms with Gasteiger partial charge in [-0.05, 0) is 25.5 Å². The number of benzene rings is 1. The maximum absolute atomic E-state index is 11.8. The average Bonchev–Trinajstić information content (AvgIpc) is 2.30. The molecule has 4 heteroatoms. The number of carbonyl (C=O) groups excluding carboxylic acids is 1. The molecule has 0 saturated carbocycles. The predicted octanol–water partition coefficient (Wildman–Crippen LogP) is 3.55. The van der Waals surface area contributed by atoms with Crippen molar-refractivity contribution in [1.29, 1.82) is 0 Å². The van der Waals surface area contributed by atoms with Crippen molar-refractivity contribution in [1.82, 2.24) is 4.90 Å². The van der Waals surface area contributed by atoms with Crippen LogP contribution in [0.5, 0.6) is 0 Å². The standard InChI is InChI=1S/C13H18BrNOS/c1-10(2)15(3)13(16)9-17-8-11-6-4-5-7-12(11)14/h4-7,10H,8-9H2,1-3H3. The van der Waals surface area contributed by atoms with Gasteiger partial charge in [0.15, 0.2) is 0 Å². The molecule has 0 aliphatic heterocycles. The molecule has 2 nitrogen and oxygen atoms in total. The fraction of sp³-hybridized carbons (Fsp3) is 0.462. The Kier molecular flexibility index (Phi) is 6.06. The Hall–Kier alpha value is -0.480. The van der Waals surface area contributed by atoms with Crippen LogP contribution in [0.4, 0.5) is 0 Å². The highest BCUT2D eigenvalue weighted by Gasteiger charge is 2.11. The Morgan fingerprint density at radius 2 is 2.06 bits per heavy atom. The summed E-state index contributed by atoms with van der Waals surface area (Å²) in [5, 5.41) is 0. The fourth-order valence-corrected chi connectivity index (χ4v) is 2.82. The van der Waals surface area contributed by atoms with Crippen LogP contribution in [0, 0.1) is 0 Å². The second-order valence-electron chi connectivity index (χ2n) is 4.18. The SMILES string of the molecule is CC(C)N(C)C(=O)CSCc1ccccc1Br. The first-order chi connectivity index (χ1) is 8.02. The molecule has 0 aromatic heterocycles. The number of nitrogens with zero attached hydrogens (tertiary/aromatic N) is 1. The molecule has 0 atom stereocenters. The van der Waals surface area contributed by atoms with Gasteiger partial charge in [-0.25, -0.2) is 0 Å². The molecule has 1 rings (SSSR count). The molecule has 0 bridgehead atoms. The molecule has 0 N–H and O–H groups in total. The molecule has 0 saturated heterocycles. The molecule has 0 aliphatic rings. The van der Waals surface area contributed by atoms with Crippen LogP contribution in [0.2, 0.25) is 0 Å². The van der Waals surface area contributed by atoms with E-state index in [-0.39, 0.29) is 11.9 Å². The summed E-state index contributed by atoms with van der Waals surface area (Å²) in [6.45, 7) is 4.05. The lowest BCUT2D eigenvalue weighted by molar-refractivity contribution is -0.128. The first kappa shape index (κ1) is 14.6. The quantitative estimate of drug-likeness (QED) is 0.828. The van der Waals surface area contributed by atoms with Gasteiger partial charge in [0.2, 0.25) is 5.91 Å². The monoisotopic (exact) mass is 315 g/mol. The molecule has 1 amide bonds. The summed E-state index contributed by atoms with van der Waals surface area (Å²) in [7, 11) is 1.85. The molecule has 0 unspecified atom stereocenters. The van der Waals surface area contributed by atoms with E-state index in [0.717, 1.165) is 10.2 Å². The predicted molar refractivity (Wildman–Crippen MR) is 78.2 cm³/mol. The maximum Gasteiger partial charge on any atom is 0.232 e. The number of thioether (sulfide) groups is 1. The maximum atomic E-state index is 11.8. The van der Waals surface area contributed by atoms with E-state index in [9.17, 15) is 4.79 Å². The third-order valence-corrected chi connectivity index (χ3v) is 4.35. The third-order valence-electron chi connectivity index (χ3n) is 2.61. The summed E-state index contributed by atoms with van der Waals surface area (Å²) < 4.78 is 1.11. The summed E-state index contributed by atoms with van der Waals surface area (Å²) in [6, 6.07) is 8.39. The van der Waals surface area contributed by atoms with Crippen molar-refractivity contribution in [2.45, 2.75) is 25.6 Å². The summed E-state index contributed by atoms with van der Waals surface area (Å²) in [5.41, 5.74) is 1.23. The molecule has 1 aromatic rings. The Labute approximate surface area is 116 Å². The Morgan fingerprint density at radius 1 is 1.41 bits per heavy atom. The Morgan fingerprint density at radius 3 is 2.65 bits per heavy atom. The van der Waals surface area contributed by atoms with Crippen molar-refractivity contribution < 1.29 is 4.79 Å². The zero-order chi connectivity index (χ0) is 12.8. The average molecular weight is 316 g/mol. The third kappa shape index (κ3) is 4.72. The van der Waals surface area contributed by atoms with Gasteiger partial charge in [0.25, 0.3) is 0 Å². The van der Waals surface area contributed by atoms with E-state index in [1.54, 1.807) is 16.7 Å². The van der Waals surface area contributed by atoms with Crippen LogP contribution in [0.1, 0.15) is 19.4 Å². The highest BCUT2D eigenvalue weighted by molar-refractivity contribution is 9.10. The molecule has 94 valence electrons. The Balaban J connectivity index is 2.38. The molecule has 0 fully saturated rings. The number of halogens is 1. The molecule has 1 aromatic carbocycles. The molecule has 0 spiro atoms. The van der Waals surface area contributed by atoms with Crippen LogP contribution in [-0.2, 0) is 10.5 Å². The van der Waals surface area contributed by atoms with E-state index in [1.165, 1.54) is 5.56 Å². The van der Waals surface area contributed by atoms with Crippen molar-refractivity contribution in [3.8, 4) is 0 Å². The van der Waals surface area contributed by atoms with E-state index >= 15 is 0 Å². The second kappa shape index (κ2) is 7.07. The number of hydrogen-bond donors (Lipinski definition) is 0. The van der Waals surface area contributed by atoms with E-state index in [0.29, 0.717) is 5.75 Å². The number of rotatable bonds is 5. The smallest absolute Gasteiger partial charge is 0.232 e.